The quantitative estimate of drug-likeness (QED) is 0.171. The summed E-state index contributed by atoms with van der Waals surface area (Å²) in [4.78, 5) is 17.0. The van der Waals surface area contributed by atoms with Crippen molar-refractivity contribution in [2.45, 2.75) is 16.9 Å². The number of methoxy groups -OCH3 is 2. The fourth-order valence-electron chi connectivity index (χ4n) is 7.26. The highest BCUT2D eigenvalue weighted by Crippen LogP contribution is 2.55. The lowest BCUT2D eigenvalue weighted by Crippen LogP contribution is -2.59. The summed E-state index contributed by atoms with van der Waals surface area (Å²) in [7, 11) is 3.35. The van der Waals surface area contributed by atoms with Crippen LogP contribution in [0.4, 0.5) is 0 Å². The Morgan fingerprint density at radius 2 is 0.920 bits per heavy atom. The Morgan fingerprint density at radius 1 is 0.460 bits per heavy atom. The lowest BCUT2D eigenvalue weighted by molar-refractivity contribution is 0.180. The summed E-state index contributed by atoms with van der Waals surface area (Å²) in [6.07, 6.45) is 1.88. The Kier molecular flexibility index (Phi) is 7.94. The van der Waals surface area contributed by atoms with E-state index in [2.05, 4.69) is 102 Å². The lowest BCUT2D eigenvalue weighted by Gasteiger charge is -2.44. The van der Waals surface area contributed by atoms with Crippen molar-refractivity contribution in [3.05, 3.63) is 203 Å². The zero-order chi connectivity index (χ0) is 34.0. The van der Waals surface area contributed by atoms with E-state index in [9.17, 15) is 0 Å². The van der Waals surface area contributed by atoms with Crippen molar-refractivity contribution in [1.82, 2.24) is 5.32 Å². The molecule has 2 aliphatic heterocycles. The van der Waals surface area contributed by atoms with Crippen LogP contribution in [0.5, 0.6) is 11.5 Å². The average Bonchev–Trinajstić information content (AvgIpc) is 3.83. The number of hydrogen-bond acceptors (Lipinski definition) is 6. The van der Waals surface area contributed by atoms with E-state index in [-0.39, 0.29) is 0 Å². The van der Waals surface area contributed by atoms with Gasteiger partial charge in [-0.1, -0.05) is 146 Å². The van der Waals surface area contributed by atoms with E-state index in [1.807, 2.05) is 79.0 Å². The van der Waals surface area contributed by atoms with Gasteiger partial charge in [-0.15, -0.1) is 0 Å². The molecule has 0 spiro atoms. The third-order valence-corrected chi connectivity index (χ3v) is 9.69. The van der Waals surface area contributed by atoms with Crippen molar-refractivity contribution in [3.8, 4) is 11.5 Å². The summed E-state index contributed by atoms with van der Waals surface area (Å²) in [6.45, 7) is 0. The van der Waals surface area contributed by atoms with Crippen LogP contribution >= 0.6 is 0 Å². The van der Waals surface area contributed by atoms with E-state index < -0.39 is 16.9 Å². The molecule has 2 atom stereocenters. The highest BCUT2D eigenvalue weighted by Gasteiger charge is 2.64. The lowest BCUT2D eigenvalue weighted by atomic mass is 9.75. The zero-order valence-corrected chi connectivity index (χ0v) is 27.9. The fourth-order valence-corrected chi connectivity index (χ4v) is 7.26. The standard InChI is InChI=1S/C44H36N4O2/c1-49-38-27-23-36(24-28-38)43(45-31-40(46-43)32-15-7-3-8-16-32)44(37-25-29-39(50-2)30-26-37)47-41(33-17-9-4-10-18-33)42(48-44,34-19-11-5-12-20-34)35-21-13-6-14-22-35/h3-31,48H,1-2H3. The van der Waals surface area contributed by atoms with Gasteiger partial charge in [0.15, 0.2) is 5.66 Å². The molecule has 0 aromatic heterocycles. The minimum Gasteiger partial charge on any atom is -0.497 e. The summed E-state index contributed by atoms with van der Waals surface area (Å²) >= 11 is 0. The van der Waals surface area contributed by atoms with Gasteiger partial charge in [-0.2, -0.15) is 0 Å². The Hall–Kier alpha value is -6.11. The third kappa shape index (κ3) is 4.96. The highest BCUT2D eigenvalue weighted by atomic mass is 16.5. The first kappa shape index (κ1) is 31.2. The number of nitrogens with one attached hydrogen (secondary N) is 1. The van der Waals surface area contributed by atoms with E-state index in [1.54, 1.807) is 14.2 Å². The maximum Gasteiger partial charge on any atom is 0.218 e. The first-order valence-electron chi connectivity index (χ1n) is 16.7. The molecule has 0 radical (unpaired) electrons. The molecular weight excluding hydrogens is 617 g/mol. The molecule has 0 bridgehead atoms. The molecule has 0 saturated carbocycles. The van der Waals surface area contributed by atoms with Crippen LogP contribution in [-0.4, -0.2) is 31.9 Å². The summed E-state index contributed by atoms with van der Waals surface area (Å²) in [6, 6.07) is 57.8. The molecule has 244 valence electrons. The molecule has 6 aromatic carbocycles. The SMILES string of the molecule is COc1ccc(C2(C3(c4ccc(OC)cc4)N=C(c4ccccc4)C(c4ccccc4)(c4ccccc4)N3)N=CC(c3ccccc3)=N2)cc1. The summed E-state index contributed by atoms with van der Waals surface area (Å²) in [5.74, 6) is 1.49. The maximum atomic E-state index is 5.94. The molecule has 50 heavy (non-hydrogen) atoms. The second-order valence-corrected chi connectivity index (χ2v) is 12.4. The van der Waals surface area contributed by atoms with Gasteiger partial charge in [0.05, 0.1) is 31.9 Å². The molecule has 0 fully saturated rings. The summed E-state index contributed by atoms with van der Waals surface area (Å²) < 4.78 is 11.3. The first-order chi connectivity index (χ1) is 24.6. The molecule has 2 heterocycles. The van der Waals surface area contributed by atoms with Crippen LogP contribution in [0.25, 0.3) is 0 Å². The van der Waals surface area contributed by atoms with Crippen LogP contribution in [0, 0.1) is 0 Å². The molecule has 0 aliphatic carbocycles. The van der Waals surface area contributed by atoms with E-state index in [0.717, 1.165) is 56.3 Å². The van der Waals surface area contributed by atoms with Crippen molar-refractivity contribution in [1.29, 1.82) is 0 Å². The van der Waals surface area contributed by atoms with Crippen LogP contribution in [0.3, 0.4) is 0 Å². The minimum atomic E-state index is -1.29. The van der Waals surface area contributed by atoms with Crippen molar-refractivity contribution < 1.29 is 9.47 Å². The summed E-state index contributed by atoms with van der Waals surface area (Å²) in [5, 5.41) is 4.24. The molecule has 2 unspecified atom stereocenters. The predicted octanol–water partition coefficient (Wildman–Crippen LogP) is 8.32. The zero-order valence-electron chi connectivity index (χ0n) is 27.9. The van der Waals surface area contributed by atoms with Gasteiger partial charge in [-0.3, -0.25) is 15.3 Å². The number of hydrogen-bond donors (Lipinski definition) is 1. The van der Waals surface area contributed by atoms with Gasteiger partial charge in [-0.25, -0.2) is 4.99 Å². The van der Waals surface area contributed by atoms with Gasteiger partial charge < -0.3 is 9.47 Å². The number of rotatable bonds is 9. The van der Waals surface area contributed by atoms with Gasteiger partial charge in [-0.05, 0) is 46.5 Å². The number of nitrogens with zero attached hydrogens (tertiary/aromatic N) is 3. The van der Waals surface area contributed by atoms with Crippen LogP contribution in [-0.2, 0) is 16.9 Å². The summed E-state index contributed by atoms with van der Waals surface area (Å²) in [5.41, 5.74) is 3.95. The number of ether oxygens (including phenoxy) is 2. The van der Waals surface area contributed by atoms with E-state index >= 15 is 0 Å². The number of benzene rings is 6. The van der Waals surface area contributed by atoms with Gasteiger partial charge in [0.25, 0.3) is 0 Å². The Labute approximate surface area is 292 Å². The topological polar surface area (TPSA) is 67.6 Å². The van der Waals surface area contributed by atoms with Crippen LogP contribution in [0.15, 0.2) is 185 Å². The smallest absolute Gasteiger partial charge is 0.218 e. The minimum absolute atomic E-state index is 0.743. The first-order valence-corrected chi connectivity index (χ1v) is 16.7. The monoisotopic (exact) mass is 652 g/mol. The predicted molar refractivity (Wildman–Crippen MR) is 201 cm³/mol. The molecule has 8 rings (SSSR count). The molecule has 2 aliphatic rings. The molecular formula is C44H36N4O2. The Morgan fingerprint density at radius 3 is 1.42 bits per heavy atom. The molecule has 0 saturated heterocycles. The highest BCUT2D eigenvalue weighted by molar-refractivity contribution is 6.39. The van der Waals surface area contributed by atoms with Gasteiger partial charge >= 0.3 is 0 Å². The second-order valence-electron chi connectivity index (χ2n) is 12.4. The second kappa shape index (κ2) is 12.7. The molecule has 1 N–H and O–H groups in total. The van der Waals surface area contributed by atoms with Gasteiger partial charge in [0.1, 0.15) is 17.0 Å². The third-order valence-electron chi connectivity index (χ3n) is 9.69. The maximum absolute atomic E-state index is 5.94. The van der Waals surface area contributed by atoms with E-state index in [1.165, 1.54) is 0 Å². The largest absolute Gasteiger partial charge is 0.497 e. The van der Waals surface area contributed by atoms with Crippen LogP contribution in [0.1, 0.15) is 33.4 Å². The van der Waals surface area contributed by atoms with Crippen LogP contribution in [0.2, 0.25) is 0 Å². The van der Waals surface area contributed by atoms with E-state index in [4.69, 9.17) is 24.5 Å². The van der Waals surface area contributed by atoms with Crippen LogP contribution < -0.4 is 14.8 Å². The van der Waals surface area contributed by atoms with Crippen molar-refractivity contribution in [3.63, 3.8) is 0 Å². The normalized spacial score (nSPS) is 20.6. The molecule has 6 nitrogen and oxygen atoms in total. The van der Waals surface area contributed by atoms with Gasteiger partial charge in [0, 0.05) is 11.1 Å². The Bertz CT molecular complexity index is 2150. The number of aliphatic imine (C=N–C) groups is 3. The van der Waals surface area contributed by atoms with Gasteiger partial charge in [0.2, 0.25) is 5.66 Å². The fraction of sp³-hybridized carbons (Fsp3) is 0.114. The van der Waals surface area contributed by atoms with Crippen molar-refractivity contribution in [2.75, 3.05) is 14.2 Å². The van der Waals surface area contributed by atoms with E-state index in [0.29, 0.717) is 0 Å². The average molecular weight is 653 g/mol. The Balaban J connectivity index is 1.51. The molecule has 6 aromatic rings. The van der Waals surface area contributed by atoms with Crippen molar-refractivity contribution >= 4 is 17.6 Å². The molecule has 6 heteroatoms. The molecule has 0 amide bonds. The van der Waals surface area contributed by atoms with Crippen molar-refractivity contribution in [2.24, 2.45) is 15.0 Å².